The standard InChI is InChI=1S/C13H22N2/c1-3-12(9-14)10-15-11(2)13-7-5-4-6-8-13/h4-8,11-12,15H,3,9-10,14H2,1-2H3. The summed E-state index contributed by atoms with van der Waals surface area (Å²) in [6.07, 6.45) is 1.14. The van der Waals surface area contributed by atoms with Gasteiger partial charge in [0.25, 0.3) is 0 Å². The first-order valence-electron chi connectivity index (χ1n) is 5.76. The Bertz CT molecular complexity index is 254. The molecule has 2 nitrogen and oxygen atoms in total. The second-order valence-electron chi connectivity index (χ2n) is 4.05. The quantitative estimate of drug-likeness (QED) is 0.749. The maximum atomic E-state index is 5.67. The van der Waals surface area contributed by atoms with Gasteiger partial charge in [0.15, 0.2) is 0 Å². The first-order chi connectivity index (χ1) is 7.27. The van der Waals surface area contributed by atoms with Gasteiger partial charge >= 0.3 is 0 Å². The van der Waals surface area contributed by atoms with Gasteiger partial charge in [0.05, 0.1) is 0 Å². The number of nitrogens with two attached hydrogens (primary N) is 1. The van der Waals surface area contributed by atoms with Crippen LogP contribution in [0.3, 0.4) is 0 Å². The third kappa shape index (κ3) is 4.02. The van der Waals surface area contributed by atoms with E-state index in [0.717, 1.165) is 19.5 Å². The summed E-state index contributed by atoms with van der Waals surface area (Å²) in [5, 5.41) is 3.52. The van der Waals surface area contributed by atoms with Crippen LogP contribution in [0.5, 0.6) is 0 Å². The lowest BCUT2D eigenvalue weighted by Gasteiger charge is -2.18. The molecule has 0 aliphatic heterocycles. The van der Waals surface area contributed by atoms with Crippen LogP contribution in [0.1, 0.15) is 31.9 Å². The number of nitrogens with one attached hydrogen (secondary N) is 1. The monoisotopic (exact) mass is 206 g/mol. The normalized spacial score (nSPS) is 14.9. The molecule has 84 valence electrons. The Labute approximate surface area is 92.9 Å². The fourth-order valence-electron chi connectivity index (χ4n) is 1.60. The zero-order chi connectivity index (χ0) is 11.1. The molecule has 0 bridgehead atoms. The number of hydrogen-bond acceptors (Lipinski definition) is 2. The van der Waals surface area contributed by atoms with Crippen molar-refractivity contribution in [1.82, 2.24) is 5.32 Å². The molecular formula is C13H22N2. The summed E-state index contributed by atoms with van der Waals surface area (Å²) in [6, 6.07) is 10.9. The van der Waals surface area contributed by atoms with Crippen molar-refractivity contribution < 1.29 is 0 Å². The summed E-state index contributed by atoms with van der Waals surface area (Å²) in [4.78, 5) is 0. The van der Waals surface area contributed by atoms with Gasteiger partial charge in [0.2, 0.25) is 0 Å². The second-order valence-corrected chi connectivity index (χ2v) is 4.05. The SMILES string of the molecule is CCC(CN)CNC(C)c1ccccc1. The van der Waals surface area contributed by atoms with Gasteiger partial charge in [-0.05, 0) is 31.5 Å². The summed E-state index contributed by atoms with van der Waals surface area (Å²) >= 11 is 0. The molecule has 0 aliphatic rings. The Morgan fingerprint density at radius 1 is 1.27 bits per heavy atom. The molecule has 0 aliphatic carbocycles. The molecule has 0 saturated carbocycles. The van der Waals surface area contributed by atoms with E-state index in [4.69, 9.17) is 5.73 Å². The molecule has 0 fully saturated rings. The van der Waals surface area contributed by atoms with E-state index in [1.54, 1.807) is 0 Å². The highest BCUT2D eigenvalue weighted by Crippen LogP contribution is 2.11. The average Bonchev–Trinajstić information content (AvgIpc) is 2.31. The van der Waals surface area contributed by atoms with Crippen LogP contribution in [0.4, 0.5) is 0 Å². The Morgan fingerprint density at radius 2 is 1.93 bits per heavy atom. The predicted molar refractivity (Wildman–Crippen MR) is 65.7 cm³/mol. The van der Waals surface area contributed by atoms with Gasteiger partial charge in [-0.1, -0.05) is 43.7 Å². The van der Waals surface area contributed by atoms with Crippen LogP contribution in [0.2, 0.25) is 0 Å². The molecule has 2 atom stereocenters. The Balaban J connectivity index is 2.39. The van der Waals surface area contributed by atoms with Crippen LogP contribution in [0.25, 0.3) is 0 Å². The Hall–Kier alpha value is -0.860. The highest BCUT2D eigenvalue weighted by atomic mass is 14.9. The first kappa shape index (κ1) is 12.2. The molecule has 0 heterocycles. The van der Waals surface area contributed by atoms with Crippen molar-refractivity contribution >= 4 is 0 Å². The molecule has 0 radical (unpaired) electrons. The summed E-state index contributed by atoms with van der Waals surface area (Å²) in [5.74, 6) is 0.594. The van der Waals surface area contributed by atoms with Crippen LogP contribution >= 0.6 is 0 Å². The maximum absolute atomic E-state index is 5.67. The van der Waals surface area contributed by atoms with Crippen LogP contribution in [0.15, 0.2) is 30.3 Å². The topological polar surface area (TPSA) is 38.0 Å². The van der Waals surface area contributed by atoms with Crippen LogP contribution in [0, 0.1) is 5.92 Å². The lowest BCUT2D eigenvalue weighted by molar-refractivity contribution is 0.440. The molecular weight excluding hydrogens is 184 g/mol. The van der Waals surface area contributed by atoms with Crippen molar-refractivity contribution in [2.75, 3.05) is 13.1 Å². The van der Waals surface area contributed by atoms with E-state index >= 15 is 0 Å². The van der Waals surface area contributed by atoms with Gasteiger partial charge in [-0.15, -0.1) is 0 Å². The van der Waals surface area contributed by atoms with Gasteiger partial charge in [-0.3, -0.25) is 0 Å². The lowest BCUT2D eigenvalue weighted by atomic mass is 10.0. The van der Waals surface area contributed by atoms with E-state index in [0.29, 0.717) is 12.0 Å². The van der Waals surface area contributed by atoms with Crippen molar-refractivity contribution in [2.24, 2.45) is 11.7 Å². The average molecular weight is 206 g/mol. The maximum Gasteiger partial charge on any atom is 0.0291 e. The van der Waals surface area contributed by atoms with E-state index in [-0.39, 0.29) is 0 Å². The molecule has 2 heteroatoms. The zero-order valence-corrected chi connectivity index (χ0v) is 9.74. The minimum Gasteiger partial charge on any atom is -0.330 e. The number of rotatable bonds is 6. The molecule has 3 N–H and O–H groups in total. The van der Waals surface area contributed by atoms with Gasteiger partial charge in [0.1, 0.15) is 0 Å². The molecule has 0 saturated heterocycles. The van der Waals surface area contributed by atoms with Crippen molar-refractivity contribution in [3.8, 4) is 0 Å². The first-order valence-corrected chi connectivity index (χ1v) is 5.76. The third-order valence-corrected chi connectivity index (χ3v) is 2.92. The van der Waals surface area contributed by atoms with Gasteiger partial charge in [-0.2, -0.15) is 0 Å². The van der Waals surface area contributed by atoms with Crippen molar-refractivity contribution in [3.63, 3.8) is 0 Å². The third-order valence-electron chi connectivity index (χ3n) is 2.92. The molecule has 0 aromatic heterocycles. The minimum atomic E-state index is 0.409. The number of hydrogen-bond donors (Lipinski definition) is 2. The minimum absolute atomic E-state index is 0.409. The van der Waals surface area contributed by atoms with E-state index < -0.39 is 0 Å². The molecule has 1 aromatic carbocycles. The summed E-state index contributed by atoms with van der Waals surface area (Å²) in [5.41, 5.74) is 7.01. The Kier molecular flexibility index (Phi) is 5.37. The van der Waals surface area contributed by atoms with Crippen molar-refractivity contribution in [1.29, 1.82) is 0 Å². The van der Waals surface area contributed by atoms with E-state index in [9.17, 15) is 0 Å². The van der Waals surface area contributed by atoms with E-state index in [1.807, 2.05) is 6.07 Å². The van der Waals surface area contributed by atoms with Crippen LogP contribution in [-0.2, 0) is 0 Å². The van der Waals surface area contributed by atoms with E-state index in [2.05, 4.69) is 43.4 Å². The Morgan fingerprint density at radius 3 is 2.47 bits per heavy atom. The highest BCUT2D eigenvalue weighted by molar-refractivity contribution is 5.17. The van der Waals surface area contributed by atoms with Crippen LogP contribution in [-0.4, -0.2) is 13.1 Å². The molecule has 15 heavy (non-hydrogen) atoms. The summed E-state index contributed by atoms with van der Waals surface area (Å²) in [6.45, 7) is 6.15. The summed E-state index contributed by atoms with van der Waals surface area (Å²) in [7, 11) is 0. The summed E-state index contributed by atoms with van der Waals surface area (Å²) < 4.78 is 0. The predicted octanol–water partition coefficient (Wildman–Crippen LogP) is 2.32. The smallest absolute Gasteiger partial charge is 0.0291 e. The van der Waals surface area contributed by atoms with E-state index in [1.165, 1.54) is 5.56 Å². The van der Waals surface area contributed by atoms with Gasteiger partial charge in [-0.25, -0.2) is 0 Å². The van der Waals surface area contributed by atoms with Crippen LogP contribution < -0.4 is 11.1 Å². The van der Waals surface area contributed by atoms with Gasteiger partial charge in [0, 0.05) is 6.04 Å². The molecule has 0 spiro atoms. The lowest BCUT2D eigenvalue weighted by Crippen LogP contribution is -2.29. The molecule has 1 rings (SSSR count). The molecule has 2 unspecified atom stereocenters. The fourth-order valence-corrected chi connectivity index (χ4v) is 1.60. The second kappa shape index (κ2) is 6.59. The molecule has 0 amide bonds. The van der Waals surface area contributed by atoms with Crippen molar-refractivity contribution in [2.45, 2.75) is 26.3 Å². The van der Waals surface area contributed by atoms with Crippen molar-refractivity contribution in [3.05, 3.63) is 35.9 Å². The fraction of sp³-hybridized carbons (Fsp3) is 0.538. The highest BCUT2D eigenvalue weighted by Gasteiger charge is 2.07. The zero-order valence-electron chi connectivity index (χ0n) is 9.74. The number of benzene rings is 1. The largest absolute Gasteiger partial charge is 0.330 e. The molecule has 1 aromatic rings. The van der Waals surface area contributed by atoms with Gasteiger partial charge < -0.3 is 11.1 Å².